The van der Waals surface area contributed by atoms with E-state index in [2.05, 4.69) is 5.32 Å². The summed E-state index contributed by atoms with van der Waals surface area (Å²) >= 11 is 6.04. The quantitative estimate of drug-likeness (QED) is 0.257. The number of nitrogens with one attached hydrogen (secondary N) is 1. The van der Waals surface area contributed by atoms with Crippen LogP contribution in [0.3, 0.4) is 0 Å². The van der Waals surface area contributed by atoms with Crippen LogP contribution in [0.1, 0.15) is 36.6 Å². The van der Waals surface area contributed by atoms with E-state index in [0.29, 0.717) is 10.5 Å². The summed E-state index contributed by atoms with van der Waals surface area (Å²) in [7, 11) is 0. The van der Waals surface area contributed by atoms with Gasteiger partial charge in [-0.05, 0) is 24.3 Å². The fraction of sp³-hybridized carbons (Fsp3) is 0.0435. The van der Waals surface area contributed by atoms with Crippen LogP contribution in [-0.2, 0) is 4.79 Å². The second-order valence-electron chi connectivity index (χ2n) is 7.12. The molecule has 0 saturated heterocycles. The predicted octanol–water partition coefficient (Wildman–Crippen LogP) is 3.71. The Kier molecular flexibility index (Phi) is 5.72. The maximum Gasteiger partial charge on any atom is 0.270 e. The van der Waals surface area contributed by atoms with Gasteiger partial charge in [0.05, 0.1) is 21.7 Å². The number of nitrogens with zero attached hydrogens (tertiary/aromatic N) is 2. The van der Waals surface area contributed by atoms with Crippen LogP contribution in [0.15, 0.2) is 66.7 Å². The minimum atomic E-state index is -0.814. The number of rotatable bonds is 6. The van der Waals surface area contributed by atoms with Gasteiger partial charge in [0.25, 0.3) is 17.5 Å². The Labute approximate surface area is 191 Å². The number of nitro benzene ring substituents is 1. The molecule has 4 rings (SSSR count). The molecule has 1 N–H and O–H groups in total. The van der Waals surface area contributed by atoms with Crippen LogP contribution in [0.4, 0.5) is 11.4 Å². The SMILES string of the molecule is O=C(CN1C(=O)c2ccc([N+](=O)[O-])cc2C1=O)Nc1ccc(Cl)cc1C(=O)c1ccccc1. The molecule has 0 spiro atoms. The molecule has 164 valence electrons. The number of fused-ring (bicyclic) bond motifs is 1. The van der Waals surface area contributed by atoms with Gasteiger partial charge in [-0.25, -0.2) is 0 Å². The highest BCUT2D eigenvalue weighted by Crippen LogP contribution is 2.27. The first-order valence-corrected chi connectivity index (χ1v) is 9.98. The predicted molar refractivity (Wildman–Crippen MR) is 118 cm³/mol. The number of halogens is 1. The topological polar surface area (TPSA) is 127 Å². The molecule has 0 unspecified atom stereocenters. The summed E-state index contributed by atoms with van der Waals surface area (Å²) in [5.41, 5.74) is 0.174. The monoisotopic (exact) mass is 463 g/mol. The normalized spacial score (nSPS) is 12.5. The molecular weight excluding hydrogens is 450 g/mol. The first-order chi connectivity index (χ1) is 15.8. The highest BCUT2D eigenvalue weighted by molar-refractivity contribution is 6.31. The van der Waals surface area contributed by atoms with Crippen molar-refractivity contribution in [2.75, 3.05) is 11.9 Å². The molecule has 1 aliphatic heterocycles. The van der Waals surface area contributed by atoms with E-state index in [-0.39, 0.29) is 38.9 Å². The molecule has 9 nitrogen and oxygen atoms in total. The van der Waals surface area contributed by atoms with Gasteiger partial charge in [-0.15, -0.1) is 0 Å². The van der Waals surface area contributed by atoms with Gasteiger partial charge >= 0.3 is 0 Å². The fourth-order valence-corrected chi connectivity index (χ4v) is 3.60. The van der Waals surface area contributed by atoms with Crippen LogP contribution in [0.25, 0.3) is 0 Å². The third-order valence-electron chi connectivity index (χ3n) is 5.00. The second-order valence-corrected chi connectivity index (χ2v) is 7.55. The van der Waals surface area contributed by atoms with Crippen molar-refractivity contribution in [2.24, 2.45) is 0 Å². The van der Waals surface area contributed by atoms with Crippen LogP contribution in [0.2, 0.25) is 5.02 Å². The van der Waals surface area contributed by atoms with E-state index in [1.165, 1.54) is 24.3 Å². The molecule has 0 radical (unpaired) electrons. The number of carbonyl (C=O) groups is 4. The van der Waals surface area contributed by atoms with Gasteiger partial charge < -0.3 is 5.32 Å². The van der Waals surface area contributed by atoms with Crippen LogP contribution in [-0.4, -0.2) is 39.9 Å². The Morgan fingerprint density at radius 3 is 2.33 bits per heavy atom. The van der Waals surface area contributed by atoms with Crippen molar-refractivity contribution in [2.45, 2.75) is 0 Å². The lowest BCUT2D eigenvalue weighted by molar-refractivity contribution is -0.384. The minimum Gasteiger partial charge on any atom is -0.324 e. The molecule has 0 saturated carbocycles. The zero-order valence-electron chi connectivity index (χ0n) is 16.8. The Morgan fingerprint density at radius 2 is 1.64 bits per heavy atom. The number of benzene rings is 3. The van der Waals surface area contributed by atoms with Crippen LogP contribution in [0.5, 0.6) is 0 Å². The van der Waals surface area contributed by atoms with Gasteiger partial charge in [-0.3, -0.25) is 34.2 Å². The van der Waals surface area contributed by atoms with Crippen molar-refractivity contribution in [3.8, 4) is 0 Å². The summed E-state index contributed by atoms with van der Waals surface area (Å²) in [5.74, 6) is -2.66. The number of nitro groups is 1. The lowest BCUT2D eigenvalue weighted by Crippen LogP contribution is -2.37. The number of non-ortho nitro benzene ring substituents is 1. The highest BCUT2D eigenvalue weighted by atomic mass is 35.5. The molecule has 3 amide bonds. The average Bonchev–Trinajstić information content (AvgIpc) is 3.04. The van der Waals surface area contributed by atoms with E-state index in [1.807, 2.05) is 0 Å². The van der Waals surface area contributed by atoms with Gasteiger partial charge in [0, 0.05) is 28.3 Å². The van der Waals surface area contributed by atoms with Crippen LogP contribution in [0, 0.1) is 10.1 Å². The molecule has 0 aromatic heterocycles. The number of ketones is 1. The summed E-state index contributed by atoms with van der Waals surface area (Å²) in [4.78, 5) is 61.7. The lowest BCUT2D eigenvalue weighted by Gasteiger charge is -2.15. The number of anilines is 1. The minimum absolute atomic E-state index is 0.0233. The largest absolute Gasteiger partial charge is 0.324 e. The summed E-state index contributed by atoms with van der Waals surface area (Å²) in [5, 5.41) is 13.8. The van der Waals surface area contributed by atoms with Crippen LogP contribution < -0.4 is 5.32 Å². The number of hydrogen-bond donors (Lipinski definition) is 1. The Bertz CT molecular complexity index is 1340. The molecule has 1 aliphatic rings. The molecule has 3 aromatic carbocycles. The van der Waals surface area contributed by atoms with Crippen molar-refractivity contribution in [1.82, 2.24) is 4.90 Å². The van der Waals surface area contributed by atoms with Crippen molar-refractivity contribution >= 4 is 46.5 Å². The van der Waals surface area contributed by atoms with Gasteiger partial charge in [-0.1, -0.05) is 41.9 Å². The standard InChI is InChI=1S/C23H14ClN3O6/c24-14-6-9-19(18(10-14)21(29)13-4-2-1-3-5-13)25-20(28)12-26-22(30)16-8-7-15(27(32)33)11-17(16)23(26)31/h1-11H,12H2,(H,25,28). The van der Waals surface area contributed by atoms with Crippen molar-refractivity contribution in [3.05, 3.63) is 104 Å². The summed E-state index contributed by atoms with van der Waals surface area (Å²) in [6.45, 7) is -0.637. The van der Waals surface area contributed by atoms with E-state index in [1.54, 1.807) is 30.3 Å². The number of imide groups is 1. The third-order valence-corrected chi connectivity index (χ3v) is 5.24. The molecular formula is C23H14ClN3O6. The lowest BCUT2D eigenvalue weighted by atomic mass is 10.0. The smallest absolute Gasteiger partial charge is 0.270 e. The second kappa shape index (κ2) is 8.64. The number of amides is 3. The molecule has 33 heavy (non-hydrogen) atoms. The van der Waals surface area contributed by atoms with Crippen LogP contribution >= 0.6 is 11.6 Å². The van der Waals surface area contributed by atoms with Gasteiger partial charge in [0.15, 0.2) is 5.78 Å². The van der Waals surface area contributed by atoms with E-state index in [9.17, 15) is 29.3 Å². The fourth-order valence-electron chi connectivity index (χ4n) is 3.43. The maximum atomic E-state index is 12.9. The molecule has 0 aliphatic carbocycles. The van der Waals surface area contributed by atoms with Gasteiger partial charge in [-0.2, -0.15) is 0 Å². The molecule has 0 fully saturated rings. The van der Waals surface area contributed by atoms with Crippen molar-refractivity contribution < 1.29 is 24.1 Å². The number of hydrogen-bond acceptors (Lipinski definition) is 6. The average molecular weight is 464 g/mol. The Balaban J connectivity index is 1.55. The van der Waals surface area contributed by atoms with E-state index in [0.717, 1.165) is 12.1 Å². The highest BCUT2D eigenvalue weighted by Gasteiger charge is 2.38. The number of carbonyl (C=O) groups excluding carboxylic acids is 4. The van der Waals surface area contributed by atoms with E-state index in [4.69, 9.17) is 11.6 Å². The molecule has 10 heteroatoms. The molecule has 1 heterocycles. The molecule has 0 atom stereocenters. The first kappa shape index (κ1) is 21.8. The Morgan fingerprint density at radius 1 is 0.939 bits per heavy atom. The Hall–Kier alpha value is -4.37. The third kappa shape index (κ3) is 4.21. The molecule has 0 bridgehead atoms. The summed E-state index contributed by atoms with van der Waals surface area (Å²) < 4.78 is 0. The van der Waals surface area contributed by atoms with E-state index >= 15 is 0 Å². The van der Waals surface area contributed by atoms with Crippen molar-refractivity contribution in [1.29, 1.82) is 0 Å². The zero-order valence-corrected chi connectivity index (χ0v) is 17.5. The van der Waals surface area contributed by atoms with Gasteiger partial charge in [0.1, 0.15) is 6.54 Å². The summed E-state index contributed by atoms with van der Waals surface area (Å²) in [6.07, 6.45) is 0. The van der Waals surface area contributed by atoms with Gasteiger partial charge in [0.2, 0.25) is 5.91 Å². The maximum absolute atomic E-state index is 12.9. The zero-order chi connectivity index (χ0) is 23.7. The first-order valence-electron chi connectivity index (χ1n) is 9.60. The van der Waals surface area contributed by atoms with Crippen molar-refractivity contribution in [3.63, 3.8) is 0 Å². The summed E-state index contributed by atoms with van der Waals surface area (Å²) in [6, 6.07) is 16.0. The van der Waals surface area contributed by atoms with E-state index < -0.39 is 29.2 Å². The molecule has 3 aromatic rings.